The van der Waals surface area contributed by atoms with Gasteiger partial charge in [-0.2, -0.15) is 0 Å². The number of benzene rings is 2. The van der Waals surface area contributed by atoms with E-state index < -0.39 is 0 Å². The maximum absolute atomic E-state index is 12.0. The summed E-state index contributed by atoms with van der Waals surface area (Å²) in [6, 6.07) is 13.0. The van der Waals surface area contributed by atoms with Gasteiger partial charge >= 0.3 is 0 Å². The standard InChI is InChI=1S/C18H18N2O3/c1-12-2-6-15(7-3-12)23-11-18(22)19-14-5-8-16-13(10-14)4-9-17(21)20-16/h2-3,5-8,10H,4,9,11H2,1H3,(H,19,22)(H,20,21). The van der Waals surface area contributed by atoms with Crippen molar-refractivity contribution in [2.45, 2.75) is 19.8 Å². The number of hydrogen-bond donors (Lipinski definition) is 2. The lowest BCUT2D eigenvalue weighted by Crippen LogP contribution is -2.21. The molecule has 0 saturated carbocycles. The van der Waals surface area contributed by atoms with Crippen molar-refractivity contribution >= 4 is 23.2 Å². The number of hydrogen-bond acceptors (Lipinski definition) is 3. The Labute approximate surface area is 134 Å². The van der Waals surface area contributed by atoms with E-state index in [0.717, 1.165) is 16.8 Å². The number of aryl methyl sites for hydroxylation is 2. The summed E-state index contributed by atoms with van der Waals surface area (Å²) in [6.45, 7) is 1.95. The molecule has 3 rings (SSSR count). The molecular formula is C18H18N2O3. The van der Waals surface area contributed by atoms with E-state index in [9.17, 15) is 9.59 Å². The van der Waals surface area contributed by atoms with Crippen LogP contribution in [0.5, 0.6) is 5.75 Å². The third-order valence-electron chi connectivity index (χ3n) is 3.68. The summed E-state index contributed by atoms with van der Waals surface area (Å²) in [5, 5.41) is 5.62. The second-order valence-electron chi connectivity index (χ2n) is 5.57. The highest BCUT2D eigenvalue weighted by Crippen LogP contribution is 2.25. The smallest absolute Gasteiger partial charge is 0.262 e. The normalized spacial score (nSPS) is 13.0. The lowest BCUT2D eigenvalue weighted by Gasteiger charge is -2.17. The minimum atomic E-state index is -0.217. The molecule has 0 aromatic heterocycles. The zero-order chi connectivity index (χ0) is 16.2. The molecule has 1 aliphatic rings. The largest absolute Gasteiger partial charge is 0.484 e. The molecule has 5 nitrogen and oxygen atoms in total. The van der Waals surface area contributed by atoms with Gasteiger partial charge in [-0.25, -0.2) is 0 Å². The Morgan fingerprint density at radius 2 is 1.96 bits per heavy atom. The van der Waals surface area contributed by atoms with E-state index in [4.69, 9.17) is 4.74 Å². The Balaban J connectivity index is 1.57. The number of carbonyl (C=O) groups excluding carboxylic acids is 2. The van der Waals surface area contributed by atoms with Crippen molar-refractivity contribution in [2.75, 3.05) is 17.2 Å². The second-order valence-corrected chi connectivity index (χ2v) is 5.57. The van der Waals surface area contributed by atoms with Crippen LogP contribution in [0.25, 0.3) is 0 Å². The summed E-state index contributed by atoms with van der Waals surface area (Å²) >= 11 is 0. The van der Waals surface area contributed by atoms with Gasteiger partial charge in [-0.05, 0) is 49.2 Å². The molecule has 2 N–H and O–H groups in total. The predicted molar refractivity (Wildman–Crippen MR) is 88.7 cm³/mol. The van der Waals surface area contributed by atoms with Crippen molar-refractivity contribution in [3.05, 3.63) is 53.6 Å². The number of nitrogens with one attached hydrogen (secondary N) is 2. The highest BCUT2D eigenvalue weighted by atomic mass is 16.5. The first-order valence-corrected chi connectivity index (χ1v) is 7.52. The highest BCUT2D eigenvalue weighted by Gasteiger charge is 2.15. The van der Waals surface area contributed by atoms with E-state index in [-0.39, 0.29) is 18.4 Å². The molecule has 0 bridgehead atoms. The van der Waals surface area contributed by atoms with E-state index in [1.54, 1.807) is 6.07 Å². The molecule has 2 aromatic carbocycles. The van der Waals surface area contributed by atoms with Crippen LogP contribution in [0.15, 0.2) is 42.5 Å². The molecule has 0 spiro atoms. The topological polar surface area (TPSA) is 67.4 Å². The minimum absolute atomic E-state index is 0.0285. The molecule has 5 heteroatoms. The molecule has 0 atom stereocenters. The van der Waals surface area contributed by atoms with Crippen molar-refractivity contribution < 1.29 is 14.3 Å². The van der Waals surface area contributed by atoms with Crippen LogP contribution in [0, 0.1) is 6.92 Å². The summed E-state index contributed by atoms with van der Waals surface area (Å²) in [4.78, 5) is 23.3. The summed E-state index contributed by atoms with van der Waals surface area (Å²) in [6.07, 6.45) is 1.16. The molecule has 0 radical (unpaired) electrons. The van der Waals surface area contributed by atoms with Crippen LogP contribution in [0.2, 0.25) is 0 Å². The van der Waals surface area contributed by atoms with Crippen molar-refractivity contribution in [3.63, 3.8) is 0 Å². The zero-order valence-electron chi connectivity index (χ0n) is 12.9. The van der Waals surface area contributed by atoms with Gasteiger partial charge in [-0.3, -0.25) is 9.59 Å². The maximum Gasteiger partial charge on any atom is 0.262 e. The molecular weight excluding hydrogens is 292 g/mol. The number of ether oxygens (including phenoxy) is 1. The first-order chi connectivity index (χ1) is 11.1. The molecule has 0 fully saturated rings. The molecule has 0 unspecified atom stereocenters. The van der Waals surface area contributed by atoms with Crippen LogP contribution in [0.1, 0.15) is 17.5 Å². The number of amides is 2. The number of fused-ring (bicyclic) bond motifs is 1. The Morgan fingerprint density at radius 1 is 1.17 bits per heavy atom. The molecule has 118 valence electrons. The van der Waals surface area contributed by atoms with Crippen LogP contribution in [-0.2, 0) is 16.0 Å². The van der Waals surface area contributed by atoms with E-state index in [0.29, 0.717) is 24.3 Å². The molecule has 0 saturated heterocycles. The van der Waals surface area contributed by atoms with Crippen molar-refractivity contribution in [1.29, 1.82) is 0 Å². The van der Waals surface area contributed by atoms with Gasteiger partial charge < -0.3 is 15.4 Å². The van der Waals surface area contributed by atoms with Gasteiger partial charge in [0.15, 0.2) is 6.61 Å². The molecule has 23 heavy (non-hydrogen) atoms. The first kappa shape index (κ1) is 15.1. The summed E-state index contributed by atoms with van der Waals surface area (Å²) in [5.41, 5.74) is 3.69. The van der Waals surface area contributed by atoms with Gasteiger partial charge in [-0.15, -0.1) is 0 Å². The summed E-state index contributed by atoms with van der Waals surface area (Å²) in [7, 11) is 0. The summed E-state index contributed by atoms with van der Waals surface area (Å²) < 4.78 is 5.45. The van der Waals surface area contributed by atoms with Crippen LogP contribution < -0.4 is 15.4 Å². The highest BCUT2D eigenvalue weighted by molar-refractivity contribution is 5.96. The molecule has 1 heterocycles. The predicted octanol–water partition coefficient (Wildman–Crippen LogP) is 2.90. The lowest BCUT2D eigenvalue weighted by atomic mass is 10.0. The Morgan fingerprint density at radius 3 is 2.74 bits per heavy atom. The summed E-state index contributed by atoms with van der Waals surface area (Å²) in [5.74, 6) is 0.477. The van der Waals surface area contributed by atoms with Gasteiger partial charge in [0.25, 0.3) is 5.91 Å². The van der Waals surface area contributed by atoms with Gasteiger partial charge in [-0.1, -0.05) is 17.7 Å². The van der Waals surface area contributed by atoms with Crippen LogP contribution in [0.4, 0.5) is 11.4 Å². The van der Waals surface area contributed by atoms with Crippen molar-refractivity contribution in [3.8, 4) is 5.75 Å². The average Bonchev–Trinajstić information content (AvgIpc) is 2.54. The SMILES string of the molecule is Cc1ccc(OCC(=O)Nc2ccc3c(c2)CCC(=O)N3)cc1. The monoisotopic (exact) mass is 310 g/mol. The fourth-order valence-corrected chi connectivity index (χ4v) is 2.44. The van der Waals surface area contributed by atoms with E-state index in [1.807, 2.05) is 43.3 Å². The minimum Gasteiger partial charge on any atom is -0.484 e. The van der Waals surface area contributed by atoms with E-state index >= 15 is 0 Å². The van der Waals surface area contributed by atoms with Gasteiger partial charge in [0, 0.05) is 17.8 Å². The van der Waals surface area contributed by atoms with Crippen LogP contribution in [-0.4, -0.2) is 18.4 Å². The molecule has 1 aliphatic heterocycles. The number of carbonyl (C=O) groups is 2. The van der Waals surface area contributed by atoms with Crippen molar-refractivity contribution in [2.24, 2.45) is 0 Å². The quantitative estimate of drug-likeness (QED) is 0.912. The van der Waals surface area contributed by atoms with Gasteiger partial charge in [0.1, 0.15) is 5.75 Å². The van der Waals surface area contributed by atoms with Crippen LogP contribution >= 0.6 is 0 Å². The maximum atomic E-state index is 12.0. The fourth-order valence-electron chi connectivity index (χ4n) is 2.44. The van der Waals surface area contributed by atoms with Gasteiger partial charge in [0.05, 0.1) is 0 Å². The van der Waals surface area contributed by atoms with Crippen molar-refractivity contribution in [1.82, 2.24) is 0 Å². The lowest BCUT2D eigenvalue weighted by molar-refractivity contribution is -0.118. The number of anilines is 2. The van der Waals surface area contributed by atoms with E-state index in [1.165, 1.54) is 0 Å². The number of rotatable bonds is 4. The zero-order valence-corrected chi connectivity index (χ0v) is 12.9. The molecule has 2 amide bonds. The Kier molecular flexibility index (Phi) is 4.28. The fraction of sp³-hybridized carbons (Fsp3) is 0.222. The second kappa shape index (κ2) is 6.52. The van der Waals surface area contributed by atoms with Gasteiger partial charge in [0.2, 0.25) is 5.91 Å². The Bertz CT molecular complexity index is 738. The first-order valence-electron chi connectivity index (χ1n) is 7.52. The molecule has 2 aromatic rings. The average molecular weight is 310 g/mol. The third-order valence-corrected chi connectivity index (χ3v) is 3.68. The van der Waals surface area contributed by atoms with E-state index in [2.05, 4.69) is 10.6 Å². The van der Waals surface area contributed by atoms with Crippen LogP contribution in [0.3, 0.4) is 0 Å². The molecule has 0 aliphatic carbocycles. The Hall–Kier alpha value is -2.82. The third kappa shape index (κ3) is 3.88.